The lowest BCUT2D eigenvalue weighted by Gasteiger charge is -2.24. The Morgan fingerprint density at radius 3 is 2.37 bits per heavy atom. The number of carbonyl (C=O) groups is 1. The van der Waals surface area contributed by atoms with Crippen molar-refractivity contribution in [2.75, 3.05) is 0 Å². The first-order valence-electron chi connectivity index (χ1n) is 6.06. The number of hydrogen-bond acceptors (Lipinski definition) is 4. The molecule has 6 heteroatoms. The van der Waals surface area contributed by atoms with E-state index in [9.17, 15) is 18.3 Å². The third-order valence-electron chi connectivity index (χ3n) is 2.79. The summed E-state index contributed by atoms with van der Waals surface area (Å²) in [5.74, 6) is -1.28. The van der Waals surface area contributed by atoms with Gasteiger partial charge in [0.05, 0.1) is 4.90 Å². The number of unbranched alkanes of at least 4 members (excludes halogenated alkanes) is 1. The molecule has 0 aliphatic carbocycles. The lowest BCUT2D eigenvalue weighted by atomic mass is 10.00. The predicted molar refractivity (Wildman–Crippen MR) is 70.3 cm³/mol. The Morgan fingerprint density at radius 2 is 1.89 bits per heavy atom. The van der Waals surface area contributed by atoms with Crippen molar-refractivity contribution in [1.29, 1.82) is 0 Å². The van der Waals surface area contributed by atoms with E-state index in [-0.39, 0.29) is 11.3 Å². The smallest absolute Gasteiger partial charge is 0.337 e. The van der Waals surface area contributed by atoms with Crippen LogP contribution < -0.4 is 0 Å². The highest BCUT2D eigenvalue weighted by Gasteiger charge is 2.39. The number of carboxylic acid groups (broad SMARTS) is 1. The van der Waals surface area contributed by atoms with Gasteiger partial charge in [-0.2, -0.15) is 8.42 Å². The molecule has 106 valence electrons. The second-order valence-corrected chi connectivity index (χ2v) is 6.04. The fourth-order valence-electron chi connectivity index (χ4n) is 1.58. The van der Waals surface area contributed by atoms with Crippen molar-refractivity contribution < 1.29 is 22.5 Å². The Bertz CT molecular complexity index is 523. The molecule has 1 aromatic carbocycles. The summed E-state index contributed by atoms with van der Waals surface area (Å²) < 4.78 is 29.0. The molecule has 0 heterocycles. The minimum atomic E-state index is -4.07. The van der Waals surface area contributed by atoms with Crippen molar-refractivity contribution in [3.05, 3.63) is 30.3 Å². The Morgan fingerprint density at radius 1 is 1.32 bits per heavy atom. The lowest BCUT2D eigenvalue weighted by molar-refractivity contribution is -0.154. The molecule has 1 unspecified atom stereocenters. The van der Waals surface area contributed by atoms with Gasteiger partial charge in [0.1, 0.15) is 0 Å². The molecule has 0 radical (unpaired) electrons. The summed E-state index contributed by atoms with van der Waals surface area (Å²) in [5.41, 5.74) is -1.73. The van der Waals surface area contributed by atoms with Crippen LogP contribution in [-0.4, -0.2) is 25.1 Å². The summed E-state index contributed by atoms with van der Waals surface area (Å²) in [6.45, 7) is 3.18. The second-order valence-electron chi connectivity index (χ2n) is 4.49. The quantitative estimate of drug-likeness (QED) is 0.778. The Labute approximate surface area is 113 Å². The number of aliphatic carboxylic acids is 1. The molecule has 0 aliphatic rings. The minimum absolute atomic E-state index is 0.0426. The average molecular weight is 286 g/mol. The molecule has 1 rings (SSSR count). The number of hydrogen-bond donors (Lipinski definition) is 1. The fourth-order valence-corrected chi connectivity index (χ4v) is 2.80. The van der Waals surface area contributed by atoms with E-state index >= 15 is 0 Å². The SMILES string of the molecule is CCCCC(C)(OS(=O)(=O)c1ccccc1)C(=O)O. The molecule has 19 heavy (non-hydrogen) atoms. The normalized spacial score (nSPS) is 14.8. The maximum Gasteiger partial charge on any atom is 0.337 e. The Hall–Kier alpha value is -1.40. The van der Waals surface area contributed by atoms with Crippen molar-refractivity contribution in [2.45, 2.75) is 43.6 Å². The molecule has 1 aromatic rings. The van der Waals surface area contributed by atoms with E-state index in [0.29, 0.717) is 6.42 Å². The number of carboxylic acids is 1. The van der Waals surface area contributed by atoms with Gasteiger partial charge in [0.15, 0.2) is 5.60 Å². The summed E-state index contributed by atoms with van der Waals surface area (Å²) in [4.78, 5) is 11.2. The molecule has 0 saturated carbocycles. The third kappa shape index (κ3) is 4.04. The highest BCUT2D eigenvalue weighted by atomic mass is 32.2. The zero-order chi connectivity index (χ0) is 14.5. The van der Waals surface area contributed by atoms with Crippen molar-refractivity contribution in [3.8, 4) is 0 Å². The van der Waals surface area contributed by atoms with Gasteiger partial charge >= 0.3 is 5.97 Å². The second kappa shape index (κ2) is 6.16. The van der Waals surface area contributed by atoms with E-state index in [1.165, 1.54) is 19.1 Å². The van der Waals surface area contributed by atoms with Crippen molar-refractivity contribution in [1.82, 2.24) is 0 Å². The highest BCUT2D eigenvalue weighted by molar-refractivity contribution is 7.86. The monoisotopic (exact) mass is 286 g/mol. The topological polar surface area (TPSA) is 80.7 Å². The summed E-state index contributed by atoms with van der Waals surface area (Å²) in [6, 6.07) is 7.53. The van der Waals surface area contributed by atoms with Crippen LogP contribution in [0.25, 0.3) is 0 Å². The molecule has 5 nitrogen and oxygen atoms in total. The van der Waals surface area contributed by atoms with Gasteiger partial charge in [0, 0.05) is 0 Å². The summed E-state index contributed by atoms with van der Waals surface area (Å²) >= 11 is 0. The van der Waals surface area contributed by atoms with Crippen molar-refractivity contribution in [2.24, 2.45) is 0 Å². The van der Waals surface area contributed by atoms with Crippen LogP contribution >= 0.6 is 0 Å². The molecule has 0 amide bonds. The lowest BCUT2D eigenvalue weighted by Crippen LogP contribution is -2.40. The molecular weight excluding hydrogens is 268 g/mol. The maximum atomic E-state index is 12.0. The summed E-state index contributed by atoms with van der Waals surface area (Å²) in [6.07, 6.45) is 1.48. The van der Waals surface area contributed by atoms with Crippen molar-refractivity contribution in [3.63, 3.8) is 0 Å². The van der Waals surface area contributed by atoms with Crippen LogP contribution in [-0.2, 0) is 19.1 Å². The van der Waals surface area contributed by atoms with Crippen molar-refractivity contribution >= 4 is 16.1 Å². The highest BCUT2D eigenvalue weighted by Crippen LogP contribution is 2.25. The first-order valence-corrected chi connectivity index (χ1v) is 7.47. The molecule has 0 bridgehead atoms. The van der Waals surface area contributed by atoms with Gasteiger partial charge < -0.3 is 5.11 Å². The zero-order valence-electron chi connectivity index (χ0n) is 11.0. The fraction of sp³-hybridized carbons (Fsp3) is 0.462. The van der Waals surface area contributed by atoms with E-state index in [2.05, 4.69) is 0 Å². The van der Waals surface area contributed by atoms with Gasteiger partial charge in [-0.15, -0.1) is 0 Å². The third-order valence-corrected chi connectivity index (χ3v) is 4.22. The van der Waals surface area contributed by atoms with Crippen LogP contribution in [0.4, 0.5) is 0 Å². The Kier molecular flexibility index (Phi) is 5.08. The van der Waals surface area contributed by atoms with E-state index in [1.807, 2.05) is 6.92 Å². The summed E-state index contributed by atoms with van der Waals surface area (Å²) in [7, 11) is -4.07. The minimum Gasteiger partial charge on any atom is -0.479 e. The standard InChI is InChI=1S/C13H18O5S/c1-3-4-10-13(2,12(14)15)18-19(16,17)11-8-6-5-7-9-11/h5-9H,3-4,10H2,1-2H3,(H,14,15). The van der Waals surface area contributed by atoms with Gasteiger partial charge in [-0.25, -0.2) is 8.98 Å². The molecule has 0 saturated heterocycles. The zero-order valence-corrected chi connectivity index (χ0v) is 11.8. The van der Waals surface area contributed by atoms with Crippen LogP contribution in [0, 0.1) is 0 Å². The van der Waals surface area contributed by atoms with Gasteiger partial charge in [-0.1, -0.05) is 38.0 Å². The van der Waals surface area contributed by atoms with Crippen LogP contribution in [0.3, 0.4) is 0 Å². The van der Waals surface area contributed by atoms with E-state index in [4.69, 9.17) is 4.18 Å². The average Bonchev–Trinajstić information content (AvgIpc) is 2.37. The molecule has 1 atom stereocenters. The van der Waals surface area contributed by atoms with Crippen LogP contribution in [0.2, 0.25) is 0 Å². The van der Waals surface area contributed by atoms with E-state index in [0.717, 1.165) is 6.42 Å². The first-order chi connectivity index (χ1) is 8.82. The molecule has 0 aliphatic heterocycles. The largest absolute Gasteiger partial charge is 0.479 e. The molecule has 0 fully saturated rings. The Balaban J connectivity index is 3.00. The number of benzene rings is 1. The van der Waals surface area contributed by atoms with Crippen LogP contribution in [0.5, 0.6) is 0 Å². The molecule has 1 N–H and O–H groups in total. The molecule has 0 spiro atoms. The molecule has 0 aromatic heterocycles. The number of rotatable bonds is 7. The van der Waals surface area contributed by atoms with Crippen LogP contribution in [0.15, 0.2) is 35.2 Å². The van der Waals surface area contributed by atoms with Gasteiger partial charge in [-0.05, 0) is 25.5 Å². The van der Waals surface area contributed by atoms with E-state index in [1.54, 1.807) is 18.2 Å². The summed E-state index contributed by atoms with van der Waals surface area (Å²) in [5, 5.41) is 9.18. The predicted octanol–water partition coefficient (Wildman–Crippen LogP) is 2.43. The van der Waals surface area contributed by atoms with Gasteiger partial charge in [0.25, 0.3) is 10.1 Å². The van der Waals surface area contributed by atoms with Crippen LogP contribution in [0.1, 0.15) is 33.1 Å². The molecular formula is C13H18O5S. The van der Waals surface area contributed by atoms with Gasteiger partial charge in [-0.3, -0.25) is 0 Å². The van der Waals surface area contributed by atoms with E-state index < -0.39 is 21.7 Å². The maximum absolute atomic E-state index is 12.0. The van der Waals surface area contributed by atoms with Gasteiger partial charge in [0.2, 0.25) is 0 Å². The first kappa shape index (κ1) is 15.7.